The number of rotatable bonds is 8. The number of benzene rings is 11. The van der Waals surface area contributed by atoms with Crippen molar-refractivity contribution in [3.05, 3.63) is 255 Å². The molecule has 0 saturated carbocycles. The van der Waals surface area contributed by atoms with Crippen molar-refractivity contribution in [3.63, 3.8) is 0 Å². The molecular weight excluding hydrogens is 813 g/mol. The fourth-order valence-corrected chi connectivity index (χ4v) is 10.3. The minimum Gasteiger partial charge on any atom is -0.456 e. The van der Waals surface area contributed by atoms with Gasteiger partial charge in [0.2, 0.25) is 0 Å². The van der Waals surface area contributed by atoms with Crippen LogP contribution >= 0.6 is 0 Å². The smallest absolute Gasteiger partial charge is 0.136 e. The molecule has 0 spiro atoms. The van der Waals surface area contributed by atoms with Crippen LogP contribution in [0.4, 0.5) is 17.1 Å². The lowest BCUT2D eigenvalue weighted by Crippen LogP contribution is -2.09. The molecule has 314 valence electrons. The average Bonchev–Trinajstić information content (AvgIpc) is 3.96. The van der Waals surface area contributed by atoms with Crippen LogP contribution in [0.5, 0.6) is 0 Å². The predicted molar refractivity (Wildman–Crippen MR) is 282 cm³/mol. The van der Waals surface area contributed by atoms with E-state index < -0.39 is 0 Å². The Kier molecular flexibility index (Phi) is 9.17. The fraction of sp³-hybridized carbons (Fsp3) is 0. The molecular formula is C64H42N2O. The van der Waals surface area contributed by atoms with E-state index in [4.69, 9.17) is 4.42 Å². The lowest BCUT2D eigenvalue weighted by atomic mass is 9.91. The molecule has 0 unspecified atom stereocenters. The summed E-state index contributed by atoms with van der Waals surface area (Å²) in [6, 6.07) is 91.8. The number of nitrogens with zero attached hydrogens (tertiary/aromatic N) is 2. The molecule has 11 aromatic carbocycles. The van der Waals surface area contributed by atoms with Crippen molar-refractivity contribution in [1.29, 1.82) is 0 Å². The number of para-hydroxylation sites is 3. The number of aromatic nitrogens is 1. The van der Waals surface area contributed by atoms with E-state index in [-0.39, 0.29) is 0 Å². The Morgan fingerprint density at radius 2 is 0.701 bits per heavy atom. The first-order chi connectivity index (χ1) is 33.2. The Labute approximate surface area is 388 Å². The van der Waals surface area contributed by atoms with Crippen molar-refractivity contribution in [3.8, 4) is 50.2 Å². The van der Waals surface area contributed by atoms with E-state index >= 15 is 0 Å². The number of hydrogen-bond acceptors (Lipinski definition) is 2. The van der Waals surface area contributed by atoms with Crippen LogP contribution < -0.4 is 4.90 Å². The third-order valence-corrected chi connectivity index (χ3v) is 13.4. The SMILES string of the molecule is c1ccc(-c2cccc3cccc(-c4ccc(N(c5ccc(-c6ccc(-n7c8ccccc8c8ccccc87)cc6)cc5)c5ccc(-c6cccc7oc8ccccc8c67)cc5)cc4)c23)cc1. The second-order valence-corrected chi connectivity index (χ2v) is 17.2. The molecule has 0 saturated heterocycles. The molecule has 0 aliphatic carbocycles. The first-order valence-corrected chi connectivity index (χ1v) is 22.9. The molecule has 0 amide bonds. The molecule has 2 aromatic heterocycles. The van der Waals surface area contributed by atoms with Crippen LogP contribution in [0.1, 0.15) is 0 Å². The van der Waals surface area contributed by atoms with Crippen molar-refractivity contribution < 1.29 is 4.42 Å². The van der Waals surface area contributed by atoms with Gasteiger partial charge in [-0.05, 0) is 128 Å². The number of furan rings is 1. The van der Waals surface area contributed by atoms with E-state index in [0.29, 0.717) is 0 Å². The van der Waals surface area contributed by atoms with Gasteiger partial charge < -0.3 is 13.9 Å². The molecule has 2 heterocycles. The topological polar surface area (TPSA) is 21.3 Å². The highest BCUT2D eigenvalue weighted by Crippen LogP contribution is 2.42. The summed E-state index contributed by atoms with van der Waals surface area (Å²) >= 11 is 0. The van der Waals surface area contributed by atoms with Crippen molar-refractivity contribution in [2.24, 2.45) is 0 Å². The first kappa shape index (κ1) is 38.5. The first-order valence-electron chi connectivity index (χ1n) is 22.9. The van der Waals surface area contributed by atoms with Gasteiger partial charge in [-0.3, -0.25) is 0 Å². The summed E-state index contributed by atoms with van der Waals surface area (Å²) < 4.78 is 8.64. The highest BCUT2D eigenvalue weighted by Gasteiger charge is 2.18. The van der Waals surface area contributed by atoms with Crippen LogP contribution in [-0.2, 0) is 0 Å². The molecule has 0 bridgehead atoms. The Hall–Kier alpha value is -8.92. The minimum absolute atomic E-state index is 0.896. The molecule has 0 aliphatic heterocycles. The Morgan fingerprint density at radius 3 is 1.27 bits per heavy atom. The third-order valence-electron chi connectivity index (χ3n) is 13.4. The highest BCUT2D eigenvalue weighted by atomic mass is 16.3. The normalized spacial score (nSPS) is 11.6. The number of hydrogen-bond donors (Lipinski definition) is 0. The molecule has 0 radical (unpaired) electrons. The van der Waals surface area contributed by atoms with Crippen LogP contribution in [0.25, 0.3) is 105 Å². The molecule has 0 aliphatic rings. The number of anilines is 3. The number of fused-ring (bicyclic) bond motifs is 7. The van der Waals surface area contributed by atoms with Crippen LogP contribution in [0.2, 0.25) is 0 Å². The van der Waals surface area contributed by atoms with Gasteiger partial charge in [-0.1, -0.05) is 182 Å². The summed E-state index contributed by atoms with van der Waals surface area (Å²) in [6.45, 7) is 0. The van der Waals surface area contributed by atoms with Crippen molar-refractivity contribution in [2.45, 2.75) is 0 Å². The molecule has 3 heteroatoms. The van der Waals surface area contributed by atoms with Gasteiger partial charge in [0.1, 0.15) is 11.2 Å². The van der Waals surface area contributed by atoms with Gasteiger partial charge in [0.25, 0.3) is 0 Å². The van der Waals surface area contributed by atoms with E-state index in [1.807, 2.05) is 12.1 Å². The van der Waals surface area contributed by atoms with Gasteiger partial charge in [0.15, 0.2) is 0 Å². The maximum Gasteiger partial charge on any atom is 0.136 e. The summed E-state index contributed by atoms with van der Waals surface area (Å²) in [7, 11) is 0. The Bertz CT molecular complexity index is 3880. The molecule has 0 atom stereocenters. The van der Waals surface area contributed by atoms with Gasteiger partial charge >= 0.3 is 0 Å². The summed E-state index contributed by atoms with van der Waals surface area (Å²) in [4.78, 5) is 2.36. The second kappa shape index (κ2) is 16.0. The van der Waals surface area contributed by atoms with Gasteiger partial charge in [-0.25, -0.2) is 0 Å². The molecule has 0 fully saturated rings. The van der Waals surface area contributed by atoms with Crippen LogP contribution in [0, 0.1) is 0 Å². The maximum atomic E-state index is 6.27. The van der Waals surface area contributed by atoms with Gasteiger partial charge in [0.05, 0.1) is 11.0 Å². The van der Waals surface area contributed by atoms with E-state index in [2.05, 4.69) is 252 Å². The lowest BCUT2D eigenvalue weighted by molar-refractivity contribution is 0.669. The van der Waals surface area contributed by atoms with Crippen LogP contribution in [0.3, 0.4) is 0 Å². The third kappa shape index (κ3) is 6.59. The van der Waals surface area contributed by atoms with E-state index in [1.165, 1.54) is 60.4 Å². The summed E-state index contributed by atoms with van der Waals surface area (Å²) in [5.41, 5.74) is 18.1. The molecule has 67 heavy (non-hydrogen) atoms. The molecule has 0 N–H and O–H groups in total. The molecule has 13 rings (SSSR count). The Morgan fingerprint density at radius 1 is 0.284 bits per heavy atom. The van der Waals surface area contributed by atoms with E-state index in [9.17, 15) is 0 Å². The summed E-state index contributed by atoms with van der Waals surface area (Å²) in [6.07, 6.45) is 0. The predicted octanol–water partition coefficient (Wildman–Crippen LogP) is 18.0. The van der Waals surface area contributed by atoms with Crippen molar-refractivity contribution in [1.82, 2.24) is 4.57 Å². The molecule has 13 aromatic rings. The van der Waals surface area contributed by atoms with Crippen molar-refractivity contribution in [2.75, 3.05) is 4.90 Å². The highest BCUT2D eigenvalue weighted by molar-refractivity contribution is 6.13. The standard InChI is InChI=1S/C64H42N2O/c1-2-13-45(14-3-1)53-20-10-15-48-16-11-21-54(63(48)53)46-31-39-50(40-32-46)65(51-41-33-47(34-42-51)55-22-12-26-62-64(55)58-19-6-9-25-61(58)67-62)49-35-27-43(28-36-49)44-29-37-52(38-30-44)66-59-23-7-4-17-56(59)57-18-5-8-24-60(57)66/h1-42H. The van der Waals surface area contributed by atoms with Gasteiger partial charge in [0, 0.05) is 44.3 Å². The average molecular weight is 855 g/mol. The van der Waals surface area contributed by atoms with Crippen LogP contribution in [0.15, 0.2) is 259 Å². The monoisotopic (exact) mass is 854 g/mol. The van der Waals surface area contributed by atoms with E-state index in [1.54, 1.807) is 0 Å². The zero-order valence-electron chi connectivity index (χ0n) is 36.6. The Balaban J connectivity index is 0.882. The quantitative estimate of drug-likeness (QED) is 0.152. The minimum atomic E-state index is 0.896. The summed E-state index contributed by atoms with van der Waals surface area (Å²) in [5, 5.41) is 7.28. The maximum absolute atomic E-state index is 6.27. The zero-order valence-corrected chi connectivity index (χ0v) is 36.6. The molecule has 3 nitrogen and oxygen atoms in total. The van der Waals surface area contributed by atoms with Gasteiger partial charge in [-0.2, -0.15) is 0 Å². The van der Waals surface area contributed by atoms with Crippen molar-refractivity contribution >= 4 is 71.6 Å². The van der Waals surface area contributed by atoms with Crippen LogP contribution in [-0.4, -0.2) is 4.57 Å². The van der Waals surface area contributed by atoms with Gasteiger partial charge in [-0.15, -0.1) is 0 Å². The second-order valence-electron chi connectivity index (χ2n) is 17.2. The summed E-state index contributed by atoms with van der Waals surface area (Å²) in [5.74, 6) is 0. The fourth-order valence-electron chi connectivity index (χ4n) is 10.3. The largest absolute Gasteiger partial charge is 0.456 e. The zero-order chi connectivity index (χ0) is 44.3. The van der Waals surface area contributed by atoms with E-state index in [0.717, 1.165) is 61.4 Å². The lowest BCUT2D eigenvalue weighted by Gasteiger charge is -2.26.